The minimum Gasteiger partial charge on any atom is -0.296 e. The summed E-state index contributed by atoms with van der Waals surface area (Å²) in [4.78, 5) is 17.3. The van der Waals surface area contributed by atoms with Crippen LogP contribution in [0.15, 0.2) is 47.5 Å². The van der Waals surface area contributed by atoms with E-state index in [1.807, 2.05) is 43.5 Å². The van der Waals surface area contributed by atoms with Crippen LogP contribution in [0.4, 0.5) is 8.78 Å². The predicted octanol–water partition coefficient (Wildman–Crippen LogP) is 4.85. The number of aromatic nitrogens is 6. The summed E-state index contributed by atoms with van der Waals surface area (Å²) < 4.78 is 35.2. The van der Waals surface area contributed by atoms with Crippen LogP contribution in [0.5, 0.6) is 0 Å². The summed E-state index contributed by atoms with van der Waals surface area (Å²) in [6.07, 6.45) is 0.635. The van der Waals surface area contributed by atoms with E-state index in [-0.39, 0.29) is 16.7 Å². The summed E-state index contributed by atoms with van der Waals surface area (Å²) in [7, 11) is 5.20. The van der Waals surface area contributed by atoms with Gasteiger partial charge in [0, 0.05) is 49.6 Å². The lowest BCUT2D eigenvalue weighted by atomic mass is 9.95. The Labute approximate surface area is 194 Å². The third kappa shape index (κ3) is 3.26. The second kappa shape index (κ2) is 7.38. The van der Waals surface area contributed by atoms with Gasteiger partial charge in [-0.3, -0.25) is 18.4 Å². The van der Waals surface area contributed by atoms with Crippen LogP contribution in [0.2, 0.25) is 0 Å². The monoisotopic (exact) mass is 464 g/mol. The summed E-state index contributed by atoms with van der Waals surface area (Å²) in [5, 5.41) is 4.15. The van der Waals surface area contributed by atoms with Crippen LogP contribution >= 0.6 is 0 Å². The van der Waals surface area contributed by atoms with E-state index in [1.54, 1.807) is 53.4 Å². The molecule has 5 rings (SSSR count). The Hall–Kier alpha value is -3.75. The molecule has 3 aromatic heterocycles. The normalized spacial score (nSPS) is 12.5. The Morgan fingerprint density at radius 2 is 1.65 bits per heavy atom. The van der Waals surface area contributed by atoms with Crippen molar-refractivity contribution in [1.82, 2.24) is 28.5 Å². The van der Waals surface area contributed by atoms with Crippen molar-refractivity contribution < 1.29 is 8.78 Å². The third-order valence-corrected chi connectivity index (χ3v) is 6.26. The highest BCUT2D eigenvalue weighted by molar-refractivity contribution is 5.87. The van der Waals surface area contributed by atoms with Crippen LogP contribution in [0, 0.1) is 0 Å². The Balaban J connectivity index is 1.85. The van der Waals surface area contributed by atoms with Gasteiger partial charge >= 0.3 is 5.69 Å². The van der Waals surface area contributed by atoms with Crippen molar-refractivity contribution in [2.75, 3.05) is 0 Å². The van der Waals surface area contributed by atoms with E-state index in [4.69, 9.17) is 4.98 Å². The molecule has 9 heteroatoms. The molecule has 0 unspecified atom stereocenters. The predicted molar refractivity (Wildman–Crippen MR) is 129 cm³/mol. The quantitative estimate of drug-likeness (QED) is 0.383. The minimum absolute atomic E-state index is 0.0738. The molecule has 0 bridgehead atoms. The van der Waals surface area contributed by atoms with E-state index in [0.29, 0.717) is 22.2 Å². The number of alkyl halides is 2. The van der Waals surface area contributed by atoms with Crippen LogP contribution in [-0.2, 0) is 26.6 Å². The maximum absolute atomic E-state index is 14.2. The number of benzene rings is 2. The summed E-state index contributed by atoms with van der Waals surface area (Å²) in [5.41, 5.74) is 4.00. The third-order valence-electron chi connectivity index (χ3n) is 6.26. The molecule has 2 aromatic carbocycles. The zero-order chi connectivity index (χ0) is 24.5. The molecule has 0 N–H and O–H groups in total. The van der Waals surface area contributed by atoms with E-state index in [9.17, 15) is 13.6 Å². The van der Waals surface area contributed by atoms with Crippen LogP contribution in [0.25, 0.3) is 38.9 Å². The standard InChI is InChI=1S/C25H26F2N6O/c1-25(2,3)23-29-18-10-16(14-12-28-30(4)13-14)17(22(26)27)11-20(18)33(23)15-7-8-19-21(9-15)32(6)24(34)31(19)5/h7-13,22H,1-6H3. The first-order valence-corrected chi connectivity index (χ1v) is 11.0. The molecule has 176 valence electrons. The second-order valence-electron chi connectivity index (χ2n) is 9.73. The molecule has 0 spiro atoms. The van der Waals surface area contributed by atoms with Gasteiger partial charge in [-0.15, -0.1) is 0 Å². The highest BCUT2D eigenvalue weighted by Crippen LogP contribution is 2.38. The molecule has 34 heavy (non-hydrogen) atoms. The van der Waals surface area contributed by atoms with Crippen molar-refractivity contribution in [3.05, 3.63) is 64.6 Å². The first-order chi connectivity index (χ1) is 16.0. The molecule has 7 nitrogen and oxygen atoms in total. The molecule has 0 aliphatic carbocycles. The largest absolute Gasteiger partial charge is 0.328 e. The summed E-state index contributed by atoms with van der Waals surface area (Å²) in [5.74, 6) is 0.742. The number of imidazole rings is 2. The molecule has 0 saturated heterocycles. The lowest BCUT2D eigenvalue weighted by molar-refractivity contribution is 0.152. The number of hydrogen-bond donors (Lipinski definition) is 0. The SMILES string of the molecule is Cn1cc(-c2cc3nc(C(C)(C)C)n(-c4ccc5c(c4)n(C)c(=O)n5C)c3cc2C(F)F)cn1. The number of aryl methyl sites for hydroxylation is 3. The number of hydrogen-bond acceptors (Lipinski definition) is 3. The average Bonchev–Trinajstić information content (AvgIpc) is 3.44. The van der Waals surface area contributed by atoms with Gasteiger partial charge < -0.3 is 0 Å². The fraction of sp³-hybridized carbons (Fsp3) is 0.320. The van der Waals surface area contributed by atoms with Crippen LogP contribution in [0.1, 0.15) is 38.6 Å². The topological polar surface area (TPSA) is 62.6 Å². The van der Waals surface area contributed by atoms with Gasteiger partial charge in [-0.05, 0) is 35.9 Å². The molecule has 5 aromatic rings. The molecular weight excluding hydrogens is 438 g/mol. The molecule has 0 amide bonds. The lowest BCUT2D eigenvalue weighted by Crippen LogP contribution is -2.19. The second-order valence-corrected chi connectivity index (χ2v) is 9.73. The number of rotatable bonds is 3. The van der Waals surface area contributed by atoms with Crippen molar-refractivity contribution in [3.63, 3.8) is 0 Å². The van der Waals surface area contributed by atoms with Crippen LogP contribution in [-0.4, -0.2) is 28.5 Å². The fourth-order valence-electron chi connectivity index (χ4n) is 4.53. The maximum atomic E-state index is 14.2. The van der Waals surface area contributed by atoms with Gasteiger partial charge in [-0.2, -0.15) is 5.10 Å². The number of nitrogens with zero attached hydrogens (tertiary/aromatic N) is 6. The maximum Gasteiger partial charge on any atom is 0.328 e. The van der Waals surface area contributed by atoms with Gasteiger partial charge in [0.15, 0.2) is 0 Å². The zero-order valence-corrected chi connectivity index (χ0v) is 20.0. The first kappa shape index (κ1) is 22.1. The Morgan fingerprint density at radius 1 is 0.941 bits per heavy atom. The summed E-state index contributed by atoms with van der Waals surface area (Å²) >= 11 is 0. The molecule has 0 aliphatic heterocycles. The van der Waals surface area contributed by atoms with Crippen LogP contribution < -0.4 is 5.69 Å². The molecule has 0 aliphatic rings. The highest BCUT2D eigenvalue weighted by atomic mass is 19.3. The van der Waals surface area contributed by atoms with Crippen LogP contribution in [0.3, 0.4) is 0 Å². The average molecular weight is 465 g/mol. The van der Waals surface area contributed by atoms with Gasteiger partial charge in [0.2, 0.25) is 0 Å². The van der Waals surface area contributed by atoms with E-state index >= 15 is 0 Å². The van der Waals surface area contributed by atoms with Gasteiger partial charge in [0.1, 0.15) is 5.82 Å². The van der Waals surface area contributed by atoms with Crippen molar-refractivity contribution in [2.45, 2.75) is 32.6 Å². The Bertz CT molecular complexity index is 1630. The van der Waals surface area contributed by atoms with Gasteiger partial charge in [-0.1, -0.05) is 20.8 Å². The highest BCUT2D eigenvalue weighted by Gasteiger charge is 2.27. The molecule has 0 saturated carbocycles. The zero-order valence-electron chi connectivity index (χ0n) is 20.0. The Morgan fingerprint density at radius 3 is 2.26 bits per heavy atom. The lowest BCUT2D eigenvalue weighted by Gasteiger charge is -2.20. The number of halogens is 2. The minimum atomic E-state index is -2.67. The van der Waals surface area contributed by atoms with E-state index in [0.717, 1.165) is 22.5 Å². The van der Waals surface area contributed by atoms with Gasteiger partial charge in [-0.25, -0.2) is 18.6 Å². The summed E-state index contributed by atoms with van der Waals surface area (Å²) in [6, 6.07) is 8.93. The van der Waals surface area contributed by atoms with Crippen molar-refractivity contribution in [1.29, 1.82) is 0 Å². The van der Waals surface area contributed by atoms with E-state index in [1.165, 1.54) is 6.07 Å². The molecule has 0 radical (unpaired) electrons. The Kier molecular flexibility index (Phi) is 4.79. The van der Waals surface area contributed by atoms with E-state index < -0.39 is 6.43 Å². The van der Waals surface area contributed by atoms with Crippen molar-refractivity contribution >= 4 is 22.1 Å². The molecule has 0 atom stereocenters. The smallest absolute Gasteiger partial charge is 0.296 e. The fourth-order valence-corrected chi connectivity index (χ4v) is 4.53. The van der Waals surface area contributed by atoms with Crippen molar-refractivity contribution in [3.8, 4) is 16.8 Å². The van der Waals surface area contributed by atoms with E-state index in [2.05, 4.69) is 5.10 Å². The summed E-state index contributed by atoms with van der Waals surface area (Å²) in [6.45, 7) is 6.12. The number of fused-ring (bicyclic) bond motifs is 2. The van der Waals surface area contributed by atoms with Crippen molar-refractivity contribution in [2.24, 2.45) is 21.1 Å². The molecule has 0 fully saturated rings. The van der Waals surface area contributed by atoms with Gasteiger partial charge in [0.25, 0.3) is 6.43 Å². The van der Waals surface area contributed by atoms with Gasteiger partial charge in [0.05, 0.1) is 28.3 Å². The first-order valence-electron chi connectivity index (χ1n) is 11.0. The molecular formula is C25H26F2N6O. The molecule has 3 heterocycles.